The monoisotopic (exact) mass is 262 g/mol. The molecule has 7 heteroatoms. The van der Waals surface area contributed by atoms with Crippen molar-refractivity contribution in [1.29, 1.82) is 0 Å². The van der Waals surface area contributed by atoms with E-state index in [2.05, 4.69) is 29.3 Å². The summed E-state index contributed by atoms with van der Waals surface area (Å²) in [4.78, 5) is 16.1. The van der Waals surface area contributed by atoms with Gasteiger partial charge in [-0.1, -0.05) is 40.0 Å². The molecule has 108 valence electrons. The number of hydrogen-bond acceptors (Lipinski definition) is 6. The fraction of sp³-hybridized carbons (Fsp3) is 0.636. The Labute approximate surface area is 109 Å². The maximum absolute atomic E-state index is 10.0. The quantitative estimate of drug-likeness (QED) is 0.783. The Morgan fingerprint density at radius 2 is 1.50 bits per heavy atom. The molecule has 2 aromatic heterocycles. The second-order valence-corrected chi connectivity index (χ2v) is 2.54. The Balaban J connectivity index is -0.0000000891. The van der Waals surface area contributed by atoms with Crippen LogP contribution in [0.1, 0.15) is 47.2 Å². The average molecular weight is 262 g/mol. The molecule has 0 spiro atoms. The first-order valence-corrected chi connectivity index (χ1v) is 3.87. The van der Waals surface area contributed by atoms with Gasteiger partial charge >= 0.3 is 5.76 Å². The van der Waals surface area contributed by atoms with Crippen molar-refractivity contribution in [2.45, 2.75) is 50.5 Å². The molecule has 0 aromatic carbocycles. The van der Waals surface area contributed by atoms with Gasteiger partial charge < -0.3 is 4.52 Å². The first kappa shape index (κ1) is 25.1. The van der Waals surface area contributed by atoms with E-state index in [-0.39, 0.29) is 29.7 Å². The lowest BCUT2D eigenvalue weighted by Crippen LogP contribution is -1.93. The van der Waals surface area contributed by atoms with Crippen molar-refractivity contribution in [2.75, 3.05) is 0 Å². The van der Waals surface area contributed by atoms with Gasteiger partial charge in [-0.3, -0.25) is 9.51 Å². The van der Waals surface area contributed by atoms with Crippen LogP contribution < -0.4 is 5.76 Å². The third-order valence-corrected chi connectivity index (χ3v) is 1.18. The summed E-state index contributed by atoms with van der Waals surface area (Å²) in [6.07, 6.45) is 0. The fourth-order valence-electron chi connectivity index (χ4n) is 0.704. The topological polar surface area (TPSA) is 97.8 Å². The molecule has 0 saturated carbocycles. The normalized spacial score (nSPS) is 7.28. The SMILES string of the molecule is C.C.C.C.Cc1noc(=O)[nH]1.Cc1noc(C)n1. The van der Waals surface area contributed by atoms with E-state index in [1.165, 1.54) is 0 Å². The highest BCUT2D eigenvalue weighted by Crippen LogP contribution is 1.89. The van der Waals surface area contributed by atoms with Crippen molar-refractivity contribution in [3.8, 4) is 0 Å². The lowest BCUT2D eigenvalue weighted by Gasteiger charge is -1.64. The predicted molar refractivity (Wildman–Crippen MR) is 72.6 cm³/mol. The van der Waals surface area contributed by atoms with Crippen LogP contribution in [0.15, 0.2) is 13.8 Å². The molecule has 2 aromatic rings. The van der Waals surface area contributed by atoms with Crippen molar-refractivity contribution < 1.29 is 9.05 Å². The summed E-state index contributed by atoms with van der Waals surface area (Å²) in [5.74, 6) is 1.32. The van der Waals surface area contributed by atoms with Gasteiger partial charge in [-0.2, -0.15) is 4.98 Å². The summed E-state index contributed by atoms with van der Waals surface area (Å²) in [6, 6.07) is 0. The number of hydrogen-bond donors (Lipinski definition) is 1. The molecule has 1 N–H and O–H groups in total. The van der Waals surface area contributed by atoms with E-state index in [1.54, 1.807) is 20.8 Å². The number of nitrogens with zero attached hydrogens (tertiary/aromatic N) is 3. The van der Waals surface area contributed by atoms with Crippen molar-refractivity contribution in [2.24, 2.45) is 0 Å². The molecule has 18 heavy (non-hydrogen) atoms. The van der Waals surface area contributed by atoms with E-state index in [4.69, 9.17) is 0 Å². The fourth-order valence-corrected chi connectivity index (χ4v) is 0.704. The van der Waals surface area contributed by atoms with Crippen molar-refractivity contribution in [3.63, 3.8) is 0 Å². The van der Waals surface area contributed by atoms with Crippen LogP contribution in [-0.4, -0.2) is 20.3 Å². The van der Waals surface area contributed by atoms with Crippen molar-refractivity contribution in [1.82, 2.24) is 20.3 Å². The number of aromatic nitrogens is 4. The summed E-state index contributed by atoms with van der Waals surface area (Å²) in [6.45, 7) is 5.20. The van der Waals surface area contributed by atoms with Gasteiger partial charge in [-0.05, 0) is 13.8 Å². The first-order valence-electron chi connectivity index (χ1n) is 3.87. The molecule has 0 fully saturated rings. The Morgan fingerprint density at radius 1 is 0.944 bits per heavy atom. The third-order valence-electron chi connectivity index (χ3n) is 1.18. The molecular weight excluding hydrogens is 236 g/mol. The summed E-state index contributed by atoms with van der Waals surface area (Å²) >= 11 is 0. The maximum Gasteiger partial charge on any atom is 0.438 e. The number of rotatable bonds is 0. The largest absolute Gasteiger partial charge is 0.438 e. The van der Waals surface area contributed by atoms with Gasteiger partial charge in [0.15, 0.2) is 5.82 Å². The summed E-state index contributed by atoms with van der Waals surface area (Å²) in [5, 5.41) is 6.80. The molecule has 0 aliphatic rings. The smallest absolute Gasteiger partial charge is 0.340 e. The highest BCUT2D eigenvalue weighted by molar-refractivity contribution is 4.77. The molecule has 7 nitrogen and oxygen atoms in total. The van der Waals surface area contributed by atoms with Gasteiger partial charge in [0.2, 0.25) is 5.89 Å². The molecule has 0 unspecified atom stereocenters. The van der Waals surface area contributed by atoms with E-state index < -0.39 is 5.76 Å². The summed E-state index contributed by atoms with van der Waals surface area (Å²) in [7, 11) is 0. The Kier molecular flexibility index (Phi) is 16.1. The number of H-pyrrole nitrogens is 1. The Morgan fingerprint density at radius 3 is 1.61 bits per heavy atom. The van der Waals surface area contributed by atoms with E-state index in [0.717, 1.165) is 0 Å². The van der Waals surface area contributed by atoms with Gasteiger partial charge in [0.05, 0.1) is 0 Å². The lowest BCUT2D eigenvalue weighted by molar-refractivity contribution is 0.383. The van der Waals surface area contributed by atoms with Crippen molar-refractivity contribution in [3.05, 3.63) is 28.1 Å². The molecule has 0 radical (unpaired) electrons. The molecule has 2 rings (SSSR count). The van der Waals surface area contributed by atoms with Crippen LogP contribution in [0.4, 0.5) is 0 Å². The van der Waals surface area contributed by atoms with E-state index in [0.29, 0.717) is 17.5 Å². The van der Waals surface area contributed by atoms with Crippen molar-refractivity contribution >= 4 is 0 Å². The predicted octanol–water partition coefficient (Wildman–Crippen LogP) is 2.90. The summed E-state index contributed by atoms with van der Waals surface area (Å²) < 4.78 is 8.71. The molecule has 0 atom stereocenters. The number of aryl methyl sites for hydroxylation is 3. The van der Waals surface area contributed by atoms with Crippen LogP contribution in [-0.2, 0) is 0 Å². The van der Waals surface area contributed by atoms with Crippen LogP contribution in [0.25, 0.3) is 0 Å². The first-order chi connectivity index (χ1) is 6.58. The van der Waals surface area contributed by atoms with Gasteiger partial charge in [0, 0.05) is 6.92 Å². The second kappa shape index (κ2) is 11.6. The van der Waals surface area contributed by atoms with Gasteiger partial charge in [0.25, 0.3) is 0 Å². The minimum Gasteiger partial charge on any atom is -0.340 e. The highest BCUT2D eigenvalue weighted by Gasteiger charge is 1.90. The van der Waals surface area contributed by atoms with E-state index in [9.17, 15) is 4.79 Å². The van der Waals surface area contributed by atoms with Crippen LogP contribution in [0.2, 0.25) is 0 Å². The van der Waals surface area contributed by atoms with E-state index >= 15 is 0 Å². The lowest BCUT2D eigenvalue weighted by atomic mass is 10.7. The third kappa shape index (κ3) is 9.32. The summed E-state index contributed by atoms with van der Waals surface area (Å²) in [5.41, 5.74) is 0. The zero-order valence-corrected chi connectivity index (χ0v) is 8.07. The van der Waals surface area contributed by atoms with Crippen LogP contribution >= 0.6 is 0 Å². The Bertz CT molecular complexity index is 428. The second-order valence-electron chi connectivity index (χ2n) is 2.54. The molecular formula is C11H26N4O3. The molecule has 0 saturated heterocycles. The highest BCUT2D eigenvalue weighted by atomic mass is 16.5. The molecule has 0 amide bonds. The molecule has 0 bridgehead atoms. The number of nitrogens with one attached hydrogen (secondary N) is 1. The van der Waals surface area contributed by atoms with Gasteiger partial charge in [0.1, 0.15) is 5.82 Å². The molecule has 0 aliphatic carbocycles. The van der Waals surface area contributed by atoms with Crippen LogP contribution in [0.3, 0.4) is 0 Å². The van der Waals surface area contributed by atoms with Crippen LogP contribution in [0, 0.1) is 20.8 Å². The standard InChI is InChI=1S/C4H6N2O.C3H4N2O2.4CH4/c1-3-5-4(2)7-6-3;1-2-4-3(6)7-5-2;;;;/h1-2H3;1H3,(H,4,5,6);4*1H4. The van der Waals surface area contributed by atoms with Gasteiger partial charge in [-0.25, -0.2) is 4.79 Å². The maximum atomic E-state index is 10.0. The van der Waals surface area contributed by atoms with Crippen LogP contribution in [0.5, 0.6) is 0 Å². The molecule has 2 heterocycles. The number of aromatic amines is 1. The zero-order chi connectivity index (χ0) is 10.6. The van der Waals surface area contributed by atoms with E-state index in [1.807, 2.05) is 0 Å². The average Bonchev–Trinajstić information content (AvgIpc) is 2.63. The zero-order valence-electron chi connectivity index (χ0n) is 8.07. The van der Waals surface area contributed by atoms with Gasteiger partial charge in [-0.15, -0.1) is 0 Å². The molecule has 0 aliphatic heterocycles. The Hall–Kier alpha value is -1.92. The minimum atomic E-state index is -0.502. The minimum absolute atomic E-state index is 0.